The van der Waals surface area contributed by atoms with Crippen LogP contribution in [0, 0.1) is 5.92 Å². The van der Waals surface area contributed by atoms with Crippen LogP contribution in [0.15, 0.2) is 22.7 Å². The van der Waals surface area contributed by atoms with Crippen molar-refractivity contribution in [2.24, 2.45) is 5.92 Å². The number of aliphatic hydroxyl groups excluding tert-OH is 1. The third-order valence-corrected chi connectivity index (χ3v) is 4.10. The monoisotopic (exact) mass is 311 g/mol. The Morgan fingerprint density at radius 3 is 2.67 bits per heavy atom. The summed E-state index contributed by atoms with van der Waals surface area (Å²) in [6.45, 7) is 6.29. The molecule has 0 aromatic heterocycles. The Morgan fingerprint density at radius 2 is 2.17 bits per heavy atom. The minimum absolute atomic E-state index is 0.404. The molecule has 0 radical (unpaired) electrons. The van der Waals surface area contributed by atoms with Crippen LogP contribution >= 0.6 is 15.9 Å². The molecule has 1 aliphatic rings. The number of hydrogen-bond acceptors (Lipinski definition) is 2. The Kier molecular flexibility index (Phi) is 4.68. The van der Waals surface area contributed by atoms with Gasteiger partial charge in [-0.2, -0.15) is 0 Å². The average Bonchev–Trinajstić information content (AvgIpc) is 3.12. The summed E-state index contributed by atoms with van der Waals surface area (Å²) in [5.74, 6) is 0.889. The largest absolute Gasteiger partial charge is 0.389 e. The van der Waals surface area contributed by atoms with Crippen molar-refractivity contribution in [1.82, 2.24) is 0 Å². The average molecular weight is 312 g/mol. The zero-order valence-corrected chi connectivity index (χ0v) is 12.8. The fourth-order valence-corrected chi connectivity index (χ4v) is 2.88. The fraction of sp³-hybridized carbons (Fsp3) is 0.600. The molecule has 1 aromatic carbocycles. The van der Waals surface area contributed by atoms with Gasteiger partial charge < -0.3 is 10.0 Å². The molecule has 18 heavy (non-hydrogen) atoms. The summed E-state index contributed by atoms with van der Waals surface area (Å²) >= 11 is 3.64. The molecule has 1 saturated carbocycles. The maximum atomic E-state index is 9.60. The van der Waals surface area contributed by atoms with Crippen LogP contribution < -0.4 is 4.90 Å². The van der Waals surface area contributed by atoms with Gasteiger partial charge in [0.2, 0.25) is 0 Å². The molecule has 0 spiro atoms. The van der Waals surface area contributed by atoms with Gasteiger partial charge in [-0.15, -0.1) is 0 Å². The van der Waals surface area contributed by atoms with Crippen LogP contribution in [0.3, 0.4) is 0 Å². The molecule has 3 heteroatoms. The van der Waals surface area contributed by atoms with Gasteiger partial charge in [-0.3, -0.25) is 0 Å². The minimum Gasteiger partial charge on any atom is -0.389 e. The van der Waals surface area contributed by atoms with E-state index in [-0.39, 0.29) is 0 Å². The lowest BCUT2D eigenvalue weighted by Crippen LogP contribution is -2.26. The number of hydrogen-bond donors (Lipinski definition) is 1. The zero-order valence-electron chi connectivity index (χ0n) is 11.2. The molecule has 1 atom stereocenters. The zero-order chi connectivity index (χ0) is 13.1. The van der Waals surface area contributed by atoms with E-state index in [0.717, 1.165) is 28.9 Å². The third-order valence-electron chi connectivity index (χ3n) is 3.46. The second kappa shape index (κ2) is 6.07. The summed E-state index contributed by atoms with van der Waals surface area (Å²) in [6, 6.07) is 6.19. The van der Waals surface area contributed by atoms with E-state index in [0.29, 0.717) is 0 Å². The van der Waals surface area contributed by atoms with E-state index in [4.69, 9.17) is 0 Å². The predicted octanol–water partition coefficient (Wildman–Crippen LogP) is 4.13. The molecule has 2 nitrogen and oxygen atoms in total. The van der Waals surface area contributed by atoms with Gasteiger partial charge >= 0.3 is 0 Å². The standard InChI is InChI=1S/C15H22BrNO/c1-3-8-17(10-12-4-5-12)15-7-6-13(11(2)18)9-14(15)16/h6-7,9,11-12,18H,3-5,8,10H2,1-2H3/t11-/m0/s1. The number of benzene rings is 1. The summed E-state index contributed by atoms with van der Waals surface area (Å²) in [5, 5.41) is 9.60. The molecule has 0 bridgehead atoms. The molecule has 1 fully saturated rings. The van der Waals surface area contributed by atoms with Gasteiger partial charge in [0.25, 0.3) is 0 Å². The maximum absolute atomic E-state index is 9.60. The first-order valence-corrected chi connectivity index (χ1v) is 7.63. The van der Waals surface area contributed by atoms with Crippen LogP contribution in [-0.2, 0) is 0 Å². The van der Waals surface area contributed by atoms with Crippen molar-refractivity contribution in [3.05, 3.63) is 28.2 Å². The van der Waals surface area contributed by atoms with Crippen molar-refractivity contribution in [1.29, 1.82) is 0 Å². The number of rotatable bonds is 6. The first kappa shape index (κ1) is 13.9. The topological polar surface area (TPSA) is 23.5 Å². The van der Waals surface area contributed by atoms with Crippen molar-refractivity contribution in [3.8, 4) is 0 Å². The number of anilines is 1. The highest BCUT2D eigenvalue weighted by atomic mass is 79.9. The molecule has 1 aromatic rings. The second-order valence-corrected chi connectivity index (χ2v) is 6.13. The maximum Gasteiger partial charge on any atom is 0.0762 e. The van der Waals surface area contributed by atoms with Gasteiger partial charge in [0.05, 0.1) is 11.8 Å². The molecule has 0 aliphatic heterocycles. The smallest absolute Gasteiger partial charge is 0.0762 e. The van der Waals surface area contributed by atoms with Crippen molar-refractivity contribution in [3.63, 3.8) is 0 Å². The Labute approximate surface area is 118 Å². The lowest BCUT2D eigenvalue weighted by Gasteiger charge is -2.26. The number of halogens is 1. The molecular formula is C15H22BrNO. The summed E-state index contributed by atoms with van der Waals surface area (Å²) in [4.78, 5) is 2.47. The van der Waals surface area contributed by atoms with Crippen molar-refractivity contribution >= 4 is 21.6 Å². The highest BCUT2D eigenvalue weighted by molar-refractivity contribution is 9.10. The normalized spacial score (nSPS) is 16.7. The first-order valence-electron chi connectivity index (χ1n) is 6.84. The Hall–Kier alpha value is -0.540. The van der Waals surface area contributed by atoms with Gasteiger partial charge in [-0.1, -0.05) is 13.0 Å². The minimum atomic E-state index is -0.404. The van der Waals surface area contributed by atoms with E-state index >= 15 is 0 Å². The lowest BCUT2D eigenvalue weighted by molar-refractivity contribution is 0.199. The van der Waals surface area contributed by atoms with Gasteiger partial charge in [-0.25, -0.2) is 0 Å². The highest BCUT2D eigenvalue weighted by Gasteiger charge is 2.25. The molecular weight excluding hydrogens is 290 g/mol. The summed E-state index contributed by atoms with van der Waals surface area (Å²) in [7, 11) is 0. The Bertz CT molecular complexity index is 401. The molecule has 100 valence electrons. The molecule has 1 N–H and O–H groups in total. The SMILES string of the molecule is CCCN(CC1CC1)c1ccc([C@H](C)O)cc1Br. The number of nitrogens with zero attached hydrogens (tertiary/aromatic N) is 1. The van der Waals surface area contributed by atoms with Gasteiger partial charge in [0, 0.05) is 17.6 Å². The van der Waals surface area contributed by atoms with E-state index in [2.05, 4.69) is 33.8 Å². The quantitative estimate of drug-likeness (QED) is 0.854. The molecule has 0 heterocycles. The fourth-order valence-electron chi connectivity index (χ4n) is 2.23. The van der Waals surface area contributed by atoms with Crippen LogP contribution in [0.2, 0.25) is 0 Å². The second-order valence-electron chi connectivity index (χ2n) is 5.28. The van der Waals surface area contributed by atoms with Crippen LogP contribution in [0.1, 0.15) is 44.8 Å². The van der Waals surface area contributed by atoms with Crippen LogP contribution in [-0.4, -0.2) is 18.2 Å². The molecule has 0 saturated heterocycles. The van der Waals surface area contributed by atoms with E-state index in [1.165, 1.54) is 25.1 Å². The first-order chi connectivity index (χ1) is 8.61. The van der Waals surface area contributed by atoms with Crippen molar-refractivity contribution in [2.45, 2.75) is 39.2 Å². The lowest BCUT2D eigenvalue weighted by atomic mass is 10.1. The summed E-state index contributed by atoms with van der Waals surface area (Å²) < 4.78 is 1.09. The summed E-state index contributed by atoms with van der Waals surface area (Å²) in [5.41, 5.74) is 2.22. The Morgan fingerprint density at radius 1 is 1.44 bits per heavy atom. The van der Waals surface area contributed by atoms with E-state index in [1.807, 2.05) is 12.1 Å². The highest BCUT2D eigenvalue weighted by Crippen LogP contribution is 2.35. The van der Waals surface area contributed by atoms with Gasteiger partial charge in [0.1, 0.15) is 0 Å². The van der Waals surface area contributed by atoms with Crippen molar-refractivity contribution < 1.29 is 5.11 Å². The van der Waals surface area contributed by atoms with Crippen LogP contribution in [0.4, 0.5) is 5.69 Å². The van der Waals surface area contributed by atoms with Gasteiger partial charge in [0.15, 0.2) is 0 Å². The van der Waals surface area contributed by atoms with Gasteiger partial charge in [-0.05, 0) is 65.7 Å². The predicted molar refractivity (Wildman–Crippen MR) is 80.0 cm³/mol. The molecule has 0 amide bonds. The van der Waals surface area contributed by atoms with Crippen LogP contribution in [0.25, 0.3) is 0 Å². The van der Waals surface area contributed by atoms with E-state index in [9.17, 15) is 5.11 Å². The van der Waals surface area contributed by atoms with Crippen molar-refractivity contribution in [2.75, 3.05) is 18.0 Å². The Balaban J connectivity index is 2.17. The summed E-state index contributed by atoms with van der Waals surface area (Å²) in [6.07, 6.45) is 3.52. The third kappa shape index (κ3) is 3.48. The molecule has 0 unspecified atom stereocenters. The van der Waals surface area contributed by atoms with E-state index in [1.54, 1.807) is 6.92 Å². The van der Waals surface area contributed by atoms with Crippen LogP contribution in [0.5, 0.6) is 0 Å². The molecule has 2 rings (SSSR count). The molecule has 1 aliphatic carbocycles. The van der Waals surface area contributed by atoms with E-state index < -0.39 is 6.10 Å². The number of aliphatic hydroxyl groups is 1.